The third kappa shape index (κ3) is 5.32. The van der Waals surface area contributed by atoms with Gasteiger partial charge in [-0.15, -0.1) is 0 Å². The molecule has 2 N–H and O–H groups in total. The number of aryl methyl sites for hydroxylation is 1. The maximum Gasteiger partial charge on any atom is 0.416 e. The molecule has 0 heterocycles. The van der Waals surface area contributed by atoms with E-state index in [1.165, 1.54) is 18.2 Å². The number of hydrogen-bond donors (Lipinski definition) is 1. The predicted octanol–water partition coefficient (Wildman–Crippen LogP) is 5.41. The van der Waals surface area contributed by atoms with E-state index in [1.807, 2.05) is 24.3 Å². The normalized spacial score (nSPS) is 17.0. The zero-order valence-electron chi connectivity index (χ0n) is 19.7. The molecule has 0 saturated heterocycles. The van der Waals surface area contributed by atoms with Crippen LogP contribution in [0.5, 0.6) is 0 Å². The number of benzene rings is 3. The summed E-state index contributed by atoms with van der Waals surface area (Å²) in [5, 5.41) is 0. The predicted molar refractivity (Wildman–Crippen MR) is 131 cm³/mol. The number of alkyl halides is 3. The Labute approximate surface area is 208 Å². The molecule has 2 atom stereocenters. The van der Waals surface area contributed by atoms with Gasteiger partial charge in [-0.25, -0.2) is 8.42 Å². The molecule has 0 bridgehead atoms. The summed E-state index contributed by atoms with van der Waals surface area (Å²) in [6, 6.07) is 18.2. The molecule has 0 radical (unpaired) electrons. The van der Waals surface area contributed by atoms with Gasteiger partial charge in [-0.1, -0.05) is 54.6 Å². The fraction of sp³-hybridized carbons (Fsp3) is 0.296. The molecular weight excluding hydrogens is 489 g/mol. The molecular formula is C27H27F3N2O3S. The lowest BCUT2D eigenvalue weighted by atomic mass is 9.79. The number of halogens is 3. The molecule has 1 aliphatic carbocycles. The van der Waals surface area contributed by atoms with E-state index in [9.17, 15) is 26.4 Å². The van der Waals surface area contributed by atoms with Crippen molar-refractivity contribution in [2.75, 3.05) is 7.05 Å². The lowest BCUT2D eigenvalue weighted by Crippen LogP contribution is -2.34. The van der Waals surface area contributed by atoms with Crippen molar-refractivity contribution >= 4 is 15.9 Å². The van der Waals surface area contributed by atoms with E-state index in [-0.39, 0.29) is 12.3 Å². The van der Waals surface area contributed by atoms with Gasteiger partial charge in [0.25, 0.3) is 0 Å². The van der Waals surface area contributed by atoms with Crippen molar-refractivity contribution in [1.82, 2.24) is 4.31 Å². The largest absolute Gasteiger partial charge is 0.416 e. The number of carbonyl (C=O) groups excluding carboxylic acids is 1. The second-order valence-corrected chi connectivity index (χ2v) is 11.0. The zero-order valence-corrected chi connectivity index (χ0v) is 20.5. The van der Waals surface area contributed by atoms with Crippen LogP contribution in [0.4, 0.5) is 13.2 Å². The number of carbonyl (C=O) groups is 1. The van der Waals surface area contributed by atoms with Crippen LogP contribution in [0.15, 0.2) is 77.7 Å². The summed E-state index contributed by atoms with van der Waals surface area (Å²) >= 11 is 0. The van der Waals surface area contributed by atoms with E-state index in [0.717, 1.165) is 47.3 Å². The third-order valence-electron chi connectivity index (χ3n) is 6.76. The Morgan fingerprint density at radius 1 is 1.06 bits per heavy atom. The number of primary amides is 1. The molecule has 9 heteroatoms. The Hall–Kier alpha value is -3.17. The molecule has 4 rings (SSSR count). The molecule has 36 heavy (non-hydrogen) atoms. The average molecular weight is 517 g/mol. The number of amides is 1. The third-order valence-corrected chi connectivity index (χ3v) is 8.63. The van der Waals surface area contributed by atoms with Crippen LogP contribution in [0, 0.1) is 0 Å². The van der Waals surface area contributed by atoms with Crippen molar-refractivity contribution in [3.63, 3.8) is 0 Å². The van der Waals surface area contributed by atoms with Crippen LogP contribution in [0.25, 0.3) is 0 Å². The van der Waals surface area contributed by atoms with Gasteiger partial charge in [0, 0.05) is 19.4 Å². The molecule has 0 aliphatic heterocycles. The van der Waals surface area contributed by atoms with Crippen molar-refractivity contribution in [3.05, 3.63) is 101 Å². The van der Waals surface area contributed by atoms with Crippen LogP contribution in [-0.4, -0.2) is 25.7 Å². The number of fused-ring (bicyclic) bond motifs is 1. The van der Waals surface area contributed by atoms with Crippen molar-refractivity contribution in [2.45, 2.75) is 48.7 Å². The second kappa shape index (κ2) is 10.1. The molecule has 3 aromatic carbocycles. The van der Waals surface area contributed by atoms with E-state index in [0.29, 0.717) is 11.6 Å². The maximum atomic E-state index is 13.3. The fourth-order valence-corrected chi connectivity index (χ4v) is 6.25. The molecule has 0 fully saturated rings. The summed E-state index contributed by atoms with van der Waals surface area (Å²) in [4.78, 5) is 11.3. The van der Waals surface area contributed by atoms with Gasteiger partial charge in [-0.2, -0.15) is 17.5 Å². The van der Waals surface area contributed by atoms with Gasteiger partial charge < -0.3 is 5.73 Å². The van der Waals surface area contributed by atoms with Gasteiger partial charge in [0.05, 0.1) is 16.5 Å². The average Bonchev–Trinajstić information content (AvgIpc) is 2.86. The van der Waals surface area contributed by atoms with Crippen LogP contribution in [0.1, 0.15) is 59.0 Å². The molecule has 0 aromatic heterocycles. The summed E-state index contributed by atoms with van der Waals surface area (Å²) in [5.74, 6) is -0.512. The van der Waals surface area contributed by atoms with Crippen LogP contribution in [-0.2, 0) is 27.4 Å². The first-order chi connectivity index (χ1) is 17.0. The minimum Gasteiger partial charge on any atom is -0.370 e. The molecule has 1 aliphatic rings. The van der Waals surface area contributed by atoms with E-state index in [4.69, 9.17) is 5.73 Å². The fourth-order valence-electron chi connectivity index (χ4n) is 4.86. The van der Waals surface area contributed by atoms with Gasteiger partial charge in [0.2, 0.25) is 15.9 Å². The van der Waals surface area contributed by atoms with Crippen LogP contribution in [0.3, 0.4) is 0 Å². The lowest BCUT2D eigenvalue weighted by Gasteiger charge is -2.29. The number of nitrogens with zero attached hydrogens (tertiary/aromatic N) is 1. The standard InChI is InChI=1S/C27H27F3N2O3S/c1-32(36(34,35)22-9-5-8-21(16-22)27(28,29)30)25(17-26(31)33)20-14-12-19(13-15-20)24-11-4-7-18-6-2-3-10-23(18)24/h2-3,5-6,8-10,12-16,24-25H,4,7,11,17H2,1H3,(H2,31,33). The van der Waals surface area contributed by atoms with Crippen molar-refractivity contribution in [3.8, 4) is 0 Å². The Balaban J connectivity index is 1.66. The first-order valence-electron chi connectivity index (χ1n) is 11.6. The minimum absolute atomic E-state index is 0.213. The number of nitrogens with two attached hydrogens (primary N) is 1. The second-order valence-electron chi connectivity index (χ2n) is 9.04. The zero-order chi connectivity index (χ0) is 26.1. The van der Waals surface area contributed by atoms with Crippen LogP contribution >= 0.6 is 0 Å². The molecule has 3 aromatic rings. The van der Waals surface area contributed by atoms with Gasteiger partial charge in [-0.05, 0) is 59.7 Å². The van der Waals surface area contributed by atoms with E-state index >= 15 is 0 Å². The Morgan fingerprint density at radius 3 is 2.42 bits per heavy atom. The highest BCUT2D eigenvalue weighted by molar-refractivity contribution is 7.89. The summed E-state index contributed by atoms with van der Waals surface area (Å²) in [5.41, 5.74) is 8.55. The highest BCUT2D eigenvalue weighted by atomic mass is 32.2. The number of hydrogen-bond acceptors (Lipinski definition) is 3. The lowest BCUT2D eigenvalue weighted by molar-refractivity contribution is -0.137. The molecule has 190 valence electrons. The van der Waals surface area contributed by atoms with Crippen molar-refractivity contribution in [1.29, 1.82) is 0 Å². The number of rotatable bonds is 7. The number of sulfonamides is 1. The van der Waals surface area contributed by atoms with E-state index < -0.39 is 38.6 Å². The maximum absolute atomic E-state index is 13.3. The van der Waals surface area contributed by atoms with Crippen LogP contribution in [0.2, 0.25) is 0 Å². The van der Waals surface area contributed by atoms with E-state index in [2.05, 4.69) is 12.1 Å². The Kier molecular flexibility index (Phi) is 7.24. The molecule has 5 nitrogen and oxygen atoms in total. The van der Waals surface area contributed by atoms with E-state index in [1.54, 1.807) is 12.1 Å². The highest BCUT2D eigenvalue weighted by Gasteiger charge is 2.35. The quantitative estimate of drug-likeness (QED) is 0.456. The minimum atomic E-state index is -4.69. The summed E-state index contributed by atoms with van der Waals surface area (Å²) in [7, 11) is -3.12. The monoisotopic (exact) mass is 516 g/mol. The van der Waals surface area contributed by atoms with Gasteiger partial charge in [0.15, 0.2) is 0 Å². The van der Waals surface area contributed by atoms with Gasteiger partial charge >= 0.3 is 6.18 Å². The molecule has 0 spiro atoms. The molecule has 1 amide bonds. The molecule has 2 unspecified atom stereocenters. The first kappa shape index (κ1) is 25.9. The Morgan fingerprint density at radius 2 is 1.75 bits per heavy atom. The highest BCUT2D eigenvalue weighted by Crippen LogP contribution is 2.38. The summed E-state index contributed by atoms with van der Waals surface area (Å²) < 4.78 is 66.9. The van der Waals surface area contributed by atoms with Gasteiger partial charge in [0.1, 0.15) is 0 Å². The van der Waals surface area contributed by atoms with Crippen molar-refractivity contribution in [2.24, 2.45) is 5.73 Å². The molecule has 0 saturated carbocycles. The van der Waals surface area contributed by atoms with Crippen LogP contribution < -0.4 is 5.73 Å². The van der Waals surface area contributed by atoms with Crippen molar-refractivity contribution < 1.29 is 26.4 Å². The summed E-state index contributed by atoms with van der Waals surface area (Å²) in [6.07, 6.45) is -1.93. The SMILES string of the molecule is CN(C(CC(N)=O)c1ccc(C2CCCc3ccccc32)cc1)S(=O)(=O)c1cccc(C(F)(F)F)c1. The summed E-state index contributed by atoms with van der Waals surface area (Å²) in [6.45, 7) is 0. The Bertz CT molecular complexity index is 1360. The van der Waals surface area contributed by atoms with Gasteiger partial charge in [-0.3, -0.25) is 4.79 Å². The first-order valence-corrected chi connectivity index (χ1v) is 13.0. The topological polar surface area (TPSA) is 80.5 Å². The smallest absolute Gasteiger partial charge is 0.370 e.